The van der Waals surface area contributed by atoms with Gasteiger partial charge in [0.1, 0.15) is 17.2 Å². The molecule has 30 heavy (non-hydrogen) atoms. The fourth-order valence-corrected chi connectivity index (χ4v) is 3.78. The lowest BCUT2D eigenvalue weighted by Crippen LogP contribution is -2.28. The van der Waals surface area contributed by atoms with E-state index in [4.69, 9.17) is 9.47 Å². The molecule has 2 aromatic carbocycles. The highest BCUT2D eigenvalue weighted by molar-refractivity contribution is 6.12. The van der Waals surface area contributed by atoms with E-state index in [1.54, 1.807) is 19.2 Å². The number of fused-ring (bicyclic) bond motifs is 2. The summed E-state index contributed by atoms with van der Waals surface area (Å²) in [6.07, 6.45) is 1.97. The van der Waals surface area contributed by atoms with Crippen LogP contribution in [-0.4, -0.2) is 30.5 Å². The molecule has 0 fully saturated rings. The number of aryl methyl sites for hydroxylation is 1. The smallest absolute Gasteiger partial charge is 0.270 e. The molecule has 1 atom stereocenters. The van der Waals surface area contributed by atoms with E-state index in [0.29, 0.717) is 22.5 Å². The molecule has 0 aliphatic carbocycles. The Morgan fingerprint density at radius 2 is 2.03 bits per heavy atom. The average molecular weight is 407 g/mol. The third-order valence-corrected chi connectivity index (χ3v) is 5.31. The Kier molecular flexibility index (Phi) is 5.35. The van der Waals surface area contributed by atoms with Gasteiger partial charge in [-0.2, -0.15) is 0 Å². The van der Waals surface area contributed by atoms with Crippen molar-refractivity contribution in [1.29, 1.82) is 0 Å². The molecule has 1 aliphatic heterocycles. The van der Waals surface area contributed by atoms with Gasteiger partial charge in [-0.1, -0.05) is 12.1 Å². The molecule has 2 heterocycles. The molecule has 3 N–H and O–H groups in total. The minimum atomic E-state index is -0.296. The number of nitrogens with one attached hydrogen (secondary N) is 3. The summed E-state index contributed by atoms with van der Waals surface area (Å²) >= 11 is 0. The molecule has 7 nitrogen and oxygen atoms in total. The number of aromatic amines is 1. The van der Waals surface area contributed by atoms with Gasteiger partial charge in [-0.3, -0.25) is 9.59 Å². The lowest BCUT2D eigenvalue weighted by molar-refractivity contribution is -0.114. The maximum Gasteiger partial charge on any atom is 0.270 e. The highest BCUT2D eigenvalue weighted by atomic mass is 16.5. The Hall–Kier alpha value is -3.48. The number of hydrogen-bond donors (Lipinski definition) is 3. The van der Waals surface area contributed by atoms with Crippen molar-refractivity contribution in [2.45, 2.75) is 32.7 Å². The Labute approximate surface area is 174 Å². The molecular formula is C23H25N3O4. The Bertz CT molecular complexity index is 1120. The monoisotopic (exact) mass is 407 g/mol. The predicted octanol–water partition coefficient (Wildman–Crippen LogP) is 3.95. The van der Waals surface area contributed by atoms with Crippen LogP contribution in [0.2, 0.25) is 0 Å². The molecule has 0 spiro atoms. The minimum Gasteiger partial charge on any atom is -0.497 e. The maximum atomic E-state index is 13.1. The van der Waals surface area contributed by atoms with Gasteiger partial charge in [0, 0.05) is 17.8 Å². The summed E-state index contributed by atoms with van der Waals surface area (Å²) in [4.78, 5) is 28.0. The van der Waals surface area contributed by atoms with Crippen molar-refractivity contribution in [3.05, 3.63) is 53.2 Å². The van der Waals surface area contributed by atoms with E-state index in [2.05, 4.69) is 21.7 Å². The number of benzene rings is 2. The van der Waals surface area contributed by atoms with Gasteiger partial charge in [0.25, 0.3) is 5.91 Å². The van der Waals surface area contributed by atoms with Crippen LogP contribution in [0.1, 0.15) is 47.9 Å². The van der Waals surface area contributed by atoms with Crippen LogP contribution in [0.4, 0.5) is 5.69 Å². The lowest BCUT2D eigenvalue weighted by Gasteiger charge is -2.20. The van der Waals surface area contributed by atoms with Crippen molar-refractivity contribution in [2.24, 2.45) is 0 Å². The van der Waals surface area contributed by atoms with Crippen LogP contribution in [0.5, 0.6) is 11.5 Å². The maximum absolute atomic E-state index is 13.1. The van der Waals surface area contributed by atoms with Crippen LogP contribution in [0.25, 0.3) is 10.9 Å². The summed E-state index contributed by atoms with van der Waals surface area (Å²) in [5.74, 6) is 1.01. The van der Waals surface area contributed by atoms with Crippen LogP contribution in [0.15, 0.2) is 36.4 Å². The molecule has 0 bridgehead atoms. The number of anilines is 1. The first-order valence-electron chi connectivity index (χ1n) is 10.00. The van der Waals surface area contributed by atoms with Gasteiger partial charge in [-0.05, 0) is 55.2 Å². The zero-order valence-electron chi connectivity index (χ0n) is 17.3. The Balaban J connectivity index is 1.63. The first kappa shape index (κ1) is 19.8. The first-order valence-corrected chi connectivity index (χ1v) is 10.00. The fraction of sp³-hybridized carbons (Fsp3) is 0.304. The number of aromatic nitrogens is 1. The number of hydrogen-bond acceptors (Lipinski definition) is 4. The van der Waals surface area contributed by atoms with Gasteiger partial charge in [-0.15, -0.1) is 0 Å². The third-order valence-electron chi connectivity index (χ3n) is 5.31. The predicted molar refractivity (Wildman–Crippen MR) is 115 cm³/mol. The normalized spacial score (nSPS) is 13.8. The standard InChI is InChI=1S/C23H25N3O4/c1-13(15-6-9-20-16(11-15)5-4-10-30-20)24-23(28)22-21(25-14(2)27)18-12-17(29-3)7-8-19(18)26-22/h6-9,11-13,26H,4-5,10H2,1-3H3,(H,24,28)(H,25,27)/t13-/m0/s1. The summed E-state index contributed by atoms with van der Waals surface area (Å²) in [6, 6.07) is 11.2. The Morgan fingerprint density at radius 1 is 1.20 bits per heavy atom. The number of ether oxygens (including phenoxy) is 2. The summed E-state index contributed by atoms with van der Waals surface area (Å²) in [6.45, 7) is 4.10. The van der Waals surface area contributed by atoms with Crippen molar-refractivity contribution in [2.75, 3.05) is 19.0 Å². The molecule has 0 radical (unpaired) electrons. The average Bonchev–Trinajstić information content (AvgIpc) is 3.10. The second-order valence-corrected chi connectivity index (χ2v) is 7.48. The van der Waals surface area contributed by atoms with Crippen LogP contribution < -0.4 is 20.1 Å². The highest BCUT2D eigenvalue weighted by Gasteiger charge is 2.22. The molecule has 0 unspecified atom stereocenters. The van der Waals surface area contributed by atoms with Crippen molar-refractivity contribution >= 4 is 28.4 Å². The topological polar surface area (TPSA) is 92.5 Å². The van der Waals surface area contributed by atoms with Crippen molar-refractivity contribution in [3.63, 3.8) is 0 Å². The molecule has 4 rings (SSSR count). The zero-order valence-corrected chi connectivity index (χ0v) is 17.3. The minimum absolute atomic E-state index is 0.212. The van der Waals surface area contributed by atoms with Crippen LogP contribution >= 0.6 is 0 Å². The molecule has 156 valence electrons. The van der Waals surface area contributed by atoms with E-state index in [0.717, 1.165) is 41.8 Å². The van der Waals surface area contributed by atoms with Crippen molar-refractivity contribution in [1.82, 2.24) is 10.3 Å². The van der Waals surface area contributed by atoms with Gasteiger partial charge in [0.05, 0.1) is 25.4 Å². The number of carbonyl (C=O) groups is 2. The Morgan fingerprint density at radius 3 is 2.80 bits per heavy atom. The van der Waals surface area contributed by atoms with E-state index < -0.39 is 0 Å². The van der Waals surface area contributed by atoms with E-state index in [1.165, 1.54) is 6.92 Å². The number of carbonyl (C=O) groups excluding carboxylic acids is 2. The molecule has 1 aromatic heterocycles. The van der Waals surface area contributed by atoms with Gasteiger partial charge in [-0.25, -0.2) is 0 Å². The largest absolute Gasteiger partial charge is 0.497 e. The number of rotatable bonds is 5. The summed E-state index contributed by atoms with van der Waals surface area (Å²) < 4.78 is 11.0. The van der Waals surface area contributed by atoms with E-state index >= 15 is 0 Å². The third kappa shape index (κ3) is 3.83. The molecule has 1 aliphatic rings. The van der Waals surface area contributed by atoms with Crippen LogP contribution in [-0.2, 0) is 11.2 Å². The first-order chi connectivity index (χ1) is 14.5. The SMILES string of the molecule is COc1ccc2[nH]c(C(=O)N[C@@H](C)c3ccc4c(c3)CCCO4)c(NC(C)=O)c2c1. The number of amides is 2. The fourth-order valence-electron chi connectivity index (χ4n) is 3.78. The van der Waals surface area contributed by atoms with Gasteiger partial charge in [0.15, 0.2) is 0 Å². The summed E-state index contributed by atoms with van der Waals surface area (Å²) in [5, 5.41) is 6.52. The number of methoxy groups -OCH3 is 1. The molecule has 0 saturated carbocycles. The second-order valence-electron chi connectivity index (χ2n) is 7.48. The summed E-state index contributed by atoms with van der Waals surface area (Å²) in [7, 11) is 1.57. The lowest BCUT2D eigenvalue weighted by atomic mass is 10.00. The molecule has 2 amide bonds. The summed E-state index contributed by atoms with van der Waals surface area (Å²) in [5.41, 5.74) is 3.66. The zero-order chi connectivity index (χ0) is 21.3. The van der Waals surface area contributed by atoms with E-state index in [1.807, 2.05) is 25.1 Å². The van der Waals surface area contributed by atoms with Gasteiger partial charge < -0.3 is 25.1 Å². The molecule has 7 heteroatoms. The molecular weight excluding hydrogens is 382 g/mol. The molecule has 0 saturated heterocycles. The number of H-pyrrole nitrogens is 1. The van der Waals surface area contributed by atoms with Gasteiger partial charge >= 0.3 is 0 Å². The van der Waals surface area contributed by atoms with Crippen molar-refractivity contribution in [3.8, 4) is 11.5 Å². The molecule has 3 aromatic rings. The highest BCUT2D eigenvalue weighted by Crippen LogP contribution is 2.32. The van der Waals surface area contributed by atoms with Crippen LogP contribution in [0, 0.1) is 0 Å². The quantitative estimate of drug-likeness (QED) is 0.597. The second kappa shape index (κ2) is 8.10. The van der Waals surface area contributed by atoms with E-state index in [9.17, 15) is 9.59 Å². The van der Waals surface area contributed by atoms with Crippen molar-refractivity contribution < 1.29 is 19.1 Å². The van der Waals surface area contributed by atoms with Gasteiger partial charge in [0.2, 0.25) is 5.91 Å². The van der Waals surface area contributed by atoms with E-state index in [-0.39, 0.29) is 17.9 Å². The van der Waals surface area contributed by atoms with Crippen LogP contribution in [0.3, 0.4) is 0 Å².